The van der Waals surface area contributed by atoms with Gasteiger partial charge in [0.2, 0.25) is 12.6 Å². The van der Waals surface area contributed by atoms with E-state index < -0.39 is 40.3 Å². The number of rotatable bonds is 8. The zero-order valence-electron chi connectivity index (χ0n) is 22.7. The number of ether oxygens (including phenoxy) is 2. The minimum Gasteiger partial charge on any atom is -0.462 e. The lowest BCUT2D eigenvalue weighted by Crippen LogP contribution is -2.55. The van der Waals surface area contributed by atoms with Crippen LogP contribution in [-0.2, 0) is 15.0 Å². The Balaban J connectivity index is 1.43. The van der Waals surface area contributed by atoms with Crippen LogP contribution in [0, 0.1) is 18.6 Å². The van der Waals surface area contributed by atoms with Crippen molar-refractivity contribution in [2.24, 2.45) is 5.73 Å². The topological polar surface area (TPSA) is 132 Å². The van der Waals surface area contributed by atoms with Crippen LogP contribution in [-0.4, -0.2) is 49.7 Å². The van der Waals surface area contributed by atoms with Gasteiger partial charge in [-0.25, -0.2) is 8.78 Å². The van der Waals surface area contributed by atoms with Gasteiger partial charge in [0.25, 0.3) is 11.8 Å². The van der Waals surface area contributed by atoms with Gasteiger partial charge in [0.15, 0.2) is 17.2 Å². The Morgan fingerprint density at radius 3 is 2.52 bits per heavy atom. The molecule has 42 heavy (non-hydrogen) atoms. The molecular formula is C30H28F2N4O6. The van der Waals surface area contributed by atoms with Gasteiger partial charge in [-0.3, -0.25) is 14.5 Å². The van der Waals surface area contributed by atoms with Crippen molar-refractivity contribution in [3.05, 3.63) is 101 Å². The molecule has 10 nitrogen and oxygen atoms in total. The normalized spacial score (nSPS) is 16.9. The largest absolute Gasteiger partial charge is 0.462 e. The Morgan fingerprint density at radius 2 is 1.83 bits per heavy atom. The van der Waals surface area contributed by atoms with Crippen molar-refractivity contribution < 1.29 is 36.7 Å². The van der Waals surface area contributed by atoms with E-state index in [1.165, 1.54) is 6.07 Å². The van der Waals surface area contributed by atoms with Gasteiger partial charge in [-0.2, -0.15) is 0 Å². The Hall–Kier alpha value is -4.68. The number of furan rings is 2. The van der Waals surface area contributed by atoms with Gasteiger partial charge in [0.05, 0.1) is 5.39 Å². The lowest BCUT2D eigenvalue weighted by Gasteiger charge is -2.45. The average molecular weight is 579 g/mol. The predicted octanol–water partition coefficient (Wildman–Crippen LogP) is 4.35. The minimum atomic E-state index is -1.06. The van der Waals surface area contributed by atoms with Crippen molar-refractivity contribution in [2.45, 2.75) is 18.9 Å². The Kier molecular flexibility index (Phi) is 7.17. The van der Waals surface area contributed by atoms with E-state index in [2.05, 4.69) is 15.5 Å². The van der Waals surface area contributed by atoms with Crippen LogP contribution >= 0.6 is 0 Å². The van der Waals surface area contributed by atoms with Crippen molar-refractivity contribution in [3.63, 3.8) is 0 Å². The molecule has 4 N–H and O–H groups in total. The summed E-state index contributed by atoms with van der Waals surface area (Å²) in [5.41, 5.74) is 5.88. The number of halogens is 2. The van der Waals surface area contributed by atoms with Crippen molar-refractivity contribution in [1.82, 2.24) is 10.2 Å². The molecule has 2 aromatic carbocycles. The van der Waals surface area contributed by atoms with Gasteiger partial charge >= 0.3 is 0 Å². The van der Waals surface area contributed by atoms with E-state index in [1.54, 1.807) is 12.3 Å². The molecule has 1 fully saturated rings. The molecular weight excluding hydrogens is 550 g/mol. The molecule has 4 aromatic rings. The van der Waals surface area contributed by atoms with Gasteiger partial charge in [-0.05, 0) is 30.7 Å². The predicted molar refractivity (Wildman–Crippen MR) is 147 cm³/mol. The molecule has 218 valence electrons. The fourth-order valence-corrected chi connectivity index (χ4v) is 5.55. The van der Waals surface area contributed by atoms with E-state index in [-0.39, 0.29) is 23.6 Å². The molecule has 0 radical (unpaired) electrons. The van der Waals surface area contributed by atoms with Crippen LogP contribution in [0.5, 0.6) is 0 Å². The van der Waals surface area contributed by atoms with Gasteiger partial charge < -0.3 is 34.7 Å². The number of hydrogen-bond donors (Lipinski definition) is 3. The third kappa shape index (κ3) is 4.88. The first kappa shape index (κ1) is 27.5. The lowest BCUT2D eigenvalue weighted by molar-refractivity contribution is 0.0463. The zero-order valence-corrected chi connectivity index (χ0v) is 22.7. The monoisotopic (exact) mass is 578 g/mol. The smallest absolute Gasteiger partial charge is 0.291 e. The number of carbonyl (C=O) groups is 2. The molecule has 6 rings (SSSR count). The van der Waals surface area contributed by atoms with Gasteiger partial charge in [-0.15, -0.1) is 0 Å². The van der Waals surface area contributed by atoms with Gasteiger partial charge in [0, 0.05) is 38.7 Å². The molecule has 2 aromatic heterocycles. The third-order valence-corrected chi connectivity index (χ3v) is 7.55. The Morgan fingerprint density at radius 1 is 1.07 bits per heavy atom. The van der Waals surface area contributed by atoms with Crippen molar-refractivity contribution in [1.29, 1.82) is 0 Å². The van der Waals surface area contributed by atoms with Gasteiger partial charge in [-0.1, -0.05) is 29.8 Å². The van der Waals surface area contributed by atoms with Crippen LogP contribution in [0.15, 0.2) is 69.4 Å². The van der Waals surface area contributed by atoms with E-state index in [0.29, 0.717) is 37.1 Å². The van der Waals surface area contributed by atoms with Crippen LogP contribution in [0.2, 0.25) is 0 Å². The SMILES string of the molecule is Cc1ccc(C(CC2=COCO2)(c2ccc(C(=O)Nc3c(C(N)=O)oc4c(F)cc(F)cc34)o2)N2CCNCC2)cc1. The fraction of sp³-hybridized carbons (Fsp3) is 0.267. The number of anilines is 1. The summed E-state index contributed by atoms with van der Waals surface area (Å²) in [7, 11) is 0. The summed E-state index contributed by atoms with van der Waals surface area (Å²) in [4.78, 5) is 27.8. The molecule has 4 heterocycles. The van der Waals surface area contributed by atoms with E-state index in [9.17, 15) is 18.4 Å². The number of aryl methyl sites for hydroxylation is 1. The fourth-order valence-electron chi connectivity index (χ4n) is 5.55. The van der Waals surface area contributed by atoms with E-state index in [1.807, 2.05) is 31.2 Å². The van der Waals surface area contributed by atoms with Crippen LogP contribution < -0.4 is 16.4 Å². The van der Waals surface area contributed by atoms with Crippen LogP contribution in [0.25, 0.3) is 11.0 Å². The molecule has 0 saturated carbocycles. The molecule has 0 aliphatic carbocycles. The summed E-state index contributed by atoms with van der Waals surface area (Å²) in [5, 5.41) is 5.73. The second-order valence-corrected chi connectivity index (χ2v) is 10.2. The standard InChI is InChI=1S/C30H28F2N4O6/c1-17-2-4-18(5-3-17)30(14-20-15-39-16-40-20,36-10-8-34-9-11-36)24-7-6-23(41-24)29(38)35-25-21-12-19(31)13-22(32)26(21)42-27(25)28(33)37/h2-7,12-13,15,34H,8-11,14,16H2,1H3,(H2,33,37)(H,35,38). The minimum absolute atomic E-state index is 0.101. The Bertz CT molecular complexity index is 1690. The number of nitrogens with zero attached hydrogens (tertiary/aromatic N) is 1. The number of nitrogens with two attached hydrogens (primary N) is 1. The summed E-state index contributed by atoms with van der Waals surface area (Å²) in [5.74, 6) is -3.32. The number of primary amides is 1. The average Bonchev–Trinajstić information content (AvgIpc) is 3.74. The number of nitrogens with one attached hydrogen (secondary N) is 2. The first-order valence-corrected chi connectivity index (χ1v) is 13.4. The van der Waals surface area contributed by atoms with Gasteiger partial charge in [0.1, 0.15) is 34.8 Å². The van der Waals surface area contributed by atoms with Crippen LogP contribution in [0.4, 0.5) is 14.5 Å². The number of hydrogen-bond acceptors (Lipinski definition) is 8. The highest BCUT2D eigenvalue weighted by Gasteiger charge is 2.45. The van der Waals surface area contributed by atoms with Crippen molar-refractivity contribution in [2.75, 3.05) is 38.3 Å². The van der Waals surface area contributed by atoms with E-state index >= 15 is 0 Å². The Labute approximate surface area is 239 Å². The molecule has 1 unspecified atom stereocenters. The number of piperazine rings is 1. The van der Waals surface area contributed by atoms with Crippen LogP contribution in [0.1, 0.15) is 44.4 Å². The molecule has 0 bridgehead atoms. The lowest BCUT2D eigenvalue weighted by atomic mass is 9.81. The molecule has 2 aliphatic heterocycles. The number of amides is 2. The molecule has 12 heteroatoms. The molecule has 0 spiro atoms. The summed E-state index contributed by atoms with van der Waals surface area (Å²) in [6, 6.07) is 12.8. The number of carbonyl (C=O) groups excluding carboxylic acids is 2. The second-order valence-electron chi connectivity index (χ2n) is 10.2. The maximum atomic E-state index is 14.4. The van der Waals surface area contributed by atoms with Crippen LogP contribution in [0.3, 0.4) is 0 Å². The molecule has 2 amide bonds. The highest BCUT2D eigenvalue weighted by atomic mass is 19.1. The summed E-state index contributed by atoms with van der Waals surface area (Å²) < 4.78 is 51.1. The first-order chi connectivity index (χ1) is 20.3. The van der Waals surface area contributed by atoms with Crippen molar-refractivity contribution in [3.8, 4) is 0 Å². The number of benzene rings is 2. The number of fused-ring (bicyclic) bond motifs is 1. The highest BCUT2D eigenvalue weighted by molar-refractivity contribution is 6.13. The summed E-state index contributed by atoms with van der Waals surface area (Å²) >= 11 is 0. The maximum Gasteiger partial charge on any atom is 0.291 e. The molecule has 1 atom stereocenters. The maximum absolute atomic E-state index is 14.4. The summed E-state index contributed by atoms with van der Waals surface area (Å²) in [6.45, 7) is 4.96. The molecule has 1 saturated heterocycles. The summed E-state index contributed by atoms with van der Waals surface area (Å²) in [6.07, 6.45) is 1.94. The van der Waals surface area contributed by atoms with E-state index in [4.69, 9.17) is 24.0 Å². The van der Waals surface area contributed by atoms with E-state index in [0.717, 1.165) is 30.3 Å². The molecule has 2 aliphatic rings. The first-order valence-electron chi connectivity index (χ1n) is 13.4. The quantitative estimate of drug-likeness (QED) is 0.281. The van der Waals surface area contributed by atoms with Crippen molar-refractivity contribution >= 4 is 28.5 Å². The second kappa shape index (κ2) is 11.0. The highest BCUT2D eigenvalue weighted by Crippen LogP contribution is 2.43. The third-order valence-electron chi connectivity index (χ3n) is 7.55. The zero-order chi connectivity index (χ0) is 29.4.